The molecule has 0 bridgehead atoms. The van der Waals surface area contributed by atoms with Crippen LogP contribution >= 0.6 is 15.9 Å². The number of carbonyl (C=O) groups is 3. The summed E-state index contributed by atoms with van der Waals surface area (Å²) in [7, 11) is 0. The summed E-state index contributed by atoms with van der Waals surface area (Å²) in [6, 6.07) is 16.8. The monoisotopic (exact) mass is 581 g/mol. The second kappa shape index (κ2) is 8.83. The summed E-state index contributed by atoms with van der Waals surface area (Å²) in [6.07, 6.45) is -1.09. The lowest BCUT2D eigenvalue weighted by Crippen LogP contribution is -2.46. The summed E-state index contributed by atoms with van der Waals surface area (Å²) in [5.74, 6) is -3.50. The van der Waals surface area contributed by atoms with Gasteiger partial charge < -0.3 is 10.2 Å². The zero-order valence-electron chi connectivity index (χ0n) is 19.5. The maximum Gasteiger partial charge on any atom is 0.416 e. The van der Waals surface area contributed by atoms with Crippen molar-refractivity contribution in [3.05, 3.63) is 100 Å². The fourth-order valence-electron chi connectivity index (χ4n) is 5.72. The Balaban J connectivity index is 1.42. The van der Waals surface area contributed by atoms with Gasteiger partial charge in [-0.2, -0.15) is 13.2 Å². The zero-order chi connectivity index (χ0) is 26.8. The summed E-state index contributed by atoms with van der Waals surface area (Å²) in [6.45, 7) is 0. The van der Waals surface area contributed by atoms with Crippen LogP contribution in [0.1, 0.15) is 22.7 Å². The summed E-state index contributed by atoms with van der Waals surface area (Å²) < 4.78 is 40.4. The van der Waals surface area contributed by atoms with E-state index < -0.39 is 53.4 Å². The smallest absolute Gasteiger partial charge is 0.357 e. The number of hydrogen-bond donors (Lipinski definition) is 1. The fraction of sp³-hybridized carbons (Fsp3) is 0.179. The van der Waals surface area contributed by atoms with Crippen molar-refractivity contribution in [1.29, 1.82) is 0 Å². The van der Waals surface area contributed by atoms with Gasteiger partial charge in [0.25, 0.3) is 0 Å². The highest BCUT2D eigenvalue weighted by molar-refractivity contribution is 9.10. The number of nitrogens with zero attached hydrogens (tertiary/aromatic N) is 2. The number of alkyl halides is 3. The molecule has 3 aromatic rings. The lowest BCUT2D eigenvalue weighted by Gasteiger charge is -2.35. The Morgan fingerprint density at radius 3 is 2.39 bits per heavy atom. The van der Waals surface area contributed by atoms with Gasteiger partial charge in [0, 0.05) is 16.4 Å². The van der Waals surface area contributed by atoms with E-state index in [1.165, 1.54) is 12.1 Å². The topological polar surface area (TPSA) is 69.7 Å². The molecule has 2 fully saturated rings. The van der Waals surface area contributed by atoms with E-state index in [-0.39, 0.29) is 5.69 Å². The van der Waals surface area contributed by atoms with E-state index in [2.05, 4.69) is 21.2 Å². The molecule has 3 heterocycles. The molecule has 3 aliphatic rings. The number of imide groups is 1. The minimum Gasteiger partial charge on any atom is -0.357 e. The third-order valence-corrected chi connectivity index (χ3v) is 7.75. The molecule has 10 heteroatoms. The van der Waals surface area contributed by atoms with Crippen LogP contribution in [0.25, 0.3) is 6.08 Å². The molecule has 2 saturated heterocycles. The normalized spacial score (nSPS) is 23.8. The van der Waals surface area contributed by atoms with Gasteiger partial charge in [0.15, 0.2) is 0 Å². The molecule has 4 atom stereocenters. The minimum absolute atomic E-state index is 0.0492. The van der Waals surface area contributed by atoms with Crippen LogP contribution < -0.4 is 10.2 Å². The third kappa shape index (κ3) is 3.82. The van der Waals surface area contributed by atoms with Gasteiger partial charge >= 0.3 is 6.18 Å². The van der Waals surface area contributed by atoms with E-state index in [0.29, 0.717) is 10.2 Å². The van der Waals surface area contributed by atoms with Crippen LogP contribution in [0.3, 0.4) is 0 Å². The molecule has 0 spiro atoms. The van der Waals surface area contributed by atoms with Crippen molar-refractivity contribution in [2.75, 3.05) is 10.2 Å². The molecule has 0 saturated carbocycles. The number of fused-ring (bicyclic) bond motifs is 5. The van der Waals surface area contributed by atoms with E-state index in [1.807, 2.05) is 24.3 Å². The van der Waals surface area contributed by atoms with Gasteiger partial charge in [-0.25, -0.2) is 4.90 Å². The summed E-state index contributed by atoms with van der Waals surface area (Å²) >= 11 is 3.37. The highest BCUT2D eigenvalue weighted by Crippen LogP contribution is 2.53. The van der Waals surface area contributed by atoms with Gasteiger partial charge in [-0.15, -0.1) is 0 Å². The van der Waals surface area contributed by atoms with Crippen molar-refractivity contribution in [2.24, 2.45) is 11.8 Å². The van der Waals surface area contributed by atoms with Crippen LogP contribution in [0, 0.1) is 11.8 Å². The number of benzene rings is 3. The van der Waals surface area contributed by atoms with Gasteiger partial charge in [-0.3, -0.25) is 14.4 Å². The van der Waals surface area contributed by atoms with Crippen molar-refractivity contribution >= 4 is 51.1 Å². The molecule has 6 rings (SSSR count). The summed E-state index contributed by atoms with van der Waals surface area (Å²) in [5, 5.41) is 2.56. The van der Waals surface area contributed by atoms with Crippen LogP contribution in [-0.2, 0) is 20.6 Å². The predicted octanol–water partition coefficient (Wildman–Crippen LogP) is 5.62. The van der Waals surface area contributed by atoms with E-state index in [4.69, 9.17) is 0 Å². The molecule has 0 aromatic heterocycles. The molecule has 1 N–H and O–H groups in total. The first kappa shape index (κ1) is 24.4. The molecule has 0 aliphatic carbocycles. The van der Waals surface area contributed by atoms with Crippen molar-refractivity contribution in [3.8, 4) is 0 Å². The predicted molar refractivity (Wildman–Crippen MR) is 138 cm³/mol. The highest BCUT2D eigenvalue weighted by Gasteiger charge is 2.64. The average molecular weight is 582 g/mol. The first-order valence-corrected chi connectivity index (χ1v) is 12.6. The van der Waals surface area contributed by atoms with E-state index in [1.54, 1.807) is 41.4 Å². The SMILES string of the molecule is O=C(Nc1cccc(C(F)(F)F)c1)[C@@H]1[C@@H]2C(=O)N(c3cccc(Br)c3)C(=O)[C@@H]2C2c3ccccc3C=CN21. The van der Waals surface area contributed by atoms with Gasteiger partial charge in [0.05, 0.1) is 29.1 Å². The molecule has 3 amide bonds. The van der Waals surface area contributed by atoms with Gasteiger partial charge in [-0.1, -0.05) is 52.3 Å². The lowest BCUT2D eigenvalue weighted by molar-refractivity contribution is -0.137. The molecule has 1 unspecified atom stereocenters. The van der Waals surface area contributed by atoms with Crippen molar-refractivity contribution in [2.45, 2.75) is 18.3 Å². The molecule has 0 radical (unpaired) electrons. The molecular weight excluding hydrogens is 563 g/mol. The number of carbonyl (C=O) groups excluding carboxylic acids is 3. The maximum absolute atomic E-state index is 13.8. The zero-order valence-corrected chi connectivity index (χ0v) is 21.1. The third-order valence-electron chi connectivity index (χ3n) is 7.25. The van der Waals surface area contributed by atoms with Crippen molar-refractivity contribution < 1.29 is 27.6 Å². The summed E-state index contributed by atoms with van der Waals surface area (Å²) in [4.78, 5) is 44.1. The first-order valence-electron chi connectivity index (χ1n) is 11.8. The van der Waals surface area contributed by atoms with Crippen LogP contribution in [0.5, 0.6) is 0 Å². The fourth-order valence-corrected chi connectivity index (χ4v) is 6.10. The summed E-state index contributed by atoms with van der Waals surface area (Å²) in [5.41, 5.74) is 1.10. The minimum atomic E-state index is -4.58. The van der Waals surface area contributed by atoms with Gasteiger partial charge in [-0.05, 0) is 53.6 Å². The maximum atomic E-state index is 13.8. The molecule has 6 nitrogen and oxygen atoms in total. The number of nitrogens with one attached hydrogen (secondary N) is 1. The van der Waals surface area contributed by atoms with Crippen LogP contribution in [0.4, 0.5) is 24.5 Å². The number of anilines is 2. The van der Waals surface area contributed by atoms with Crippen molar-refractivity contribution in [3.63, 3.8) is 0 Å². The Morgan fingerprint density at radius 2 is 1.63 bits per heavy atom. The van der Waals surface area contributed by atoms with E-state index in [9.17, 15) is 27.6 Å². The Kier molecular flexibility index (Phi) is 5.68. The molecule has 3 aliphatic heterocycles. The Bertz CT molecular complexity index is 1520. The first-order chi connectivity index (χ1) is 18.1. The van der Waals surface area contributed by atoms with Gasteiger partial charge in [0.1, 0.15) is 6.04 Å². The standard InChI is InChI=1S/C28H19BrF3N3O3/c29-17-7-4-9-19(14-17)35-26(37)21-22(27(35)38)24(34-12-11-15-5-1-2-10-20(15)23(21)34)25(36)33-18-8-3-6-16(13-18)28(30,31)32/h1-14,21-24H,(H,33,36)/t21-,22+,23?,24-/m0/s1. The Hall–Kier alpha value is -3.92. The number of hydrogen-bond acceptors (Lipinski definition) is 4. The average Bonchev–Trinajstić information content (AvgIpc) is 3.36. The Morgan fingerprint density at radius 1 is 0.895 bits per heavy atom. The van der Waals surface area contributed by atoms with Gasteiger partial charge in [0.2, 0.25) is 17.7 Å². The number of amides is 3. The lowest BCUT2D eigenvalue weighted by atomic mass is 9.84. The van der Waals surface area contributed by atoms with E-state index in [0.717, 1.165) is 28.2 Å². The molecule has 38 heavy (non-hydrogen) atoms. The van der Waals surface area contributed by atoms with E-state index >= 15 is 0 Å². The second-order valence-corrected chi connectivity index (χ2v) is 10.3. The molecular formula is C28H19BrF3N3O3. The van der Waals surface area contributed by atoms with Crippen LogP contribution in [0.2, 0.25) is 0 Å². The van der Waals surface area contributed by atoms with Crippen molar-refractivity contribution in [1.82, 2.24) is 4.90 Å². The second-order valence-electron chi connectivity index (χ2n) is 9.39. The number of rotatable bonds is 3. The highest BCUT2D eigenvalue weighted by atomic mass is 79.9. The number of halogens is 4. The largest absolute Gasteiger partial charge is 0.416 e. The van der Waals surface area contributed by atoms with Crippen LogP contribution in [-0.4, -0.2) is 28.7 Å². The van der Waals surface area contributed by atoms with Crippen LogP contribution in [0.15, 0.2) is 83.5 Å². The quantitative estimate of drug-likeness (QED) is 0.407. The molecule has 3 aromatic carbocycles. The Labute approximate surface area is 223 Å². The molecule has 192 valence electrons.